The van der Waals surface area contributed by atoms with E-state index in [9.17, 15) is 18.6 Å². The molecule has 2 atom stereocenters. The molecule has 0 aromatic carbocycles. The standard InChI is InChI=1S/C16H29FNO5P/c1-4-7-8-9-10-11-12-13-16(17,24(20,21)22-6-3)23-15(19)18-14-5-2/h2H,4,6-14H2,1,3H3,(H,18,19)(H,20,21). The molecule has 0 rings (SSSR count). The largest absolute Gasteiger partial charge is 0.411 e. The zero-order valence-electron chi connectivity index (χ0n) is 14.6. The van der Waals surface area contributed by atoms with E-state index >= 15 is 0 Å². The van der Waals surface area contributed by atoms with Crippen LogP contribution in [0.2, 0.25) is 0 Å². The second-order valence-electron chi connectivity index (χ2n) is 5.45. The number of rotatable bonds is 13. The first kappa shape index (κ1) is 22.9. The molecule has 1 amide bonds. The summed E-state index contributed by atoms with van der Waals surface area (Å²) in [4.78, 5) is 21.3. The monoisotopic (exact) mass is 365 g/mol. The molecule has 8 heteroatoms. The highest BCUT2D eigenvalue weighted by molar-refractivity contribution is 7.54. The maximum Gasteiger partial charge on any atom is 0.411 e. The summed E-state index contributed by atoms with van der Waals surface area (Å²) in [6.45, 7) is 3.23. The average molecular weight is 365 g/mol. The third-order valence-corrected chi connectivity index (χ3v) is 5.17. The predicted molar refractivity (Wildman–Crippen MR) is 91.2 cm³/mol. The fraction of sp³-hybridized carbons (Fsp3) is 0.812. The van der Waals surface area contributed by atoms with Crippen LogP contribution >= 0.6 is 7.60 Å². The van der Waals surface area contributed by atoms with Gasteiger partial charge in [-0.25, -0.2) is 4.79 Å². The second-order valence-corrected chi connectivity index (χ2v) is 7.41. The highest BCUT2D eigenvalue weighted by Crippen LogP contribution is 2.59. The lowest BCUT2D eigenvalue weighted by Crippen LogP contribution is -2.36. The van der Waals surface area contributed by atoms with Crippen molar-refractivity contribution in [2.24, 2.45) is 0 Å². The van der Waals surface area contributed by atoms with Crippen LogP contribution in [-0.2, 0) is 13.8 Å². The zero-order valence-corrected chi connectivity index (χ0v) is 15.4. The molecule has 24 heavy (non-hydrogen) atoms. The number of terminal acetylenes is 1. The van der Waals surface area contributed by atoms with E-state index in [4.69, 9.17) is 6.42 Å². The molecule has 6 nitrogen and oxygen atoms in total. The number of carbonyl (C=O) groups excluding carboxylic acids is 1. The van der Waals surface area contributed by atoms with Gasteiger partial charge in [-0.05, 0) is 13.3 Å². The number of amides is 1. The van der Waals surface area contributed by atoms with Crippen molar-refractivity contribution >= 4 is 13.7 Å². The Morgan fingerprint density at radius 1 is 1.25 bits per heavy atom. The molecule has 0 aliphatic heterocycles. The van der Waals surface area contributed by atoms with Crippen molar-refractivity contribution in [1.29, 1.82) is 0 Å². The Balaban J connectivity index is 4.61. The molecule has 0 aliphatic rings. The van der Waals surface area contributed by atoms with Gasteiger partial charge in [0.1, 0.15) is 0 Å². The Kier molecular flexibility index (Phi) is 11.7. The van der Waals surface area contributed by atoms with Crippen LogP contribution in [0.5, 0.6) is 0 Å². The van der Waals surface area contributed by atoms with Crippen LogP contribution in [0.15, 0.2) is 0 Å². The van der Waals surface area contributed by atoms with Gasteiger partial charge in [-0.3, -0.25) is 4.57 Å². The number of ether oxygens (including phenoxy) is 1. The van der Waals surface area contributed by atoms with E-state index in [1.54, 1.807) is 0 Å². The Bertz CT molecular complexity index is 454. The van der Waals surface area contributed by atoms with Gasteiger partial charge in [0.15, 0.2) is 0 Å². The molecule has 140 valence electrons. The van der Waals surface area contributed by atoms with Crippen molar-refractivity contribution in [2.45, 2.75) is 70.8 Å². The smallest absolute Gasteiger partial charge is 0.400 e. The fourth-order valence-electron chi connectivity index (χ4n) is 2.12. The number of unbranched alkanes of at least 4 members (excludes halogenated alkanes) is 6. The van der Waals surface area contributed by atoms with Crippen molar-refractivity contribution in [1.82, 2.24) is 5.32 Å². The van der Waals surface area contributed by atoms with Crippen LogP contribution in [0, 0.1) is 12.3 Å². The molecule has 0 heterocycles. The molecule has 0 radical (unpaired) electrons. The van der Waals surface area contributed by atoms with E-state index in [-0.39, 0.29) is 13.2 Å². The lowest BCUT2D eigenvalue weighted by atomic mass is 10.1. The topological polar surface area (TPSA) is 84.9 Å². The molecule has 0 bridgehead atoms. The Morgan fingerprint density at radius 3 is 2.38 bits per heavy atom. The van der Waals surface area contributed by atoms with E-state index in [1.807, 2.05) is 0 Å². The van der Waals surface area contributed by atoms with Gasteiger partial charge in [-0.15, -0.1) is 6.42 Å². The maximum atomic E-state index is 14.9. The van der Waals surface area contributed by atoms with E-state index < -0.39 is 25.7 Å². The quantitative estimate of drug-likeness (QED) is 0.288. The van der Waals surface area contributed by atoms with Gasteiger partial charge in [0.2, 0.25) is 0 Å². The van der Waals surface area contributed by atoms with Crippen LogP contribution in [0.1, 0.15) is 65.2 Å². The minimum Gasteiger partial charge on any atom is -0.400 e. The molecule has 0 fully saturated rings. The molecule has 0 spiro atoms. The number of alkyl halides is 1. The van der Waals surface area contributed by atoms with E-state index in [2.05, 4.69) is 27.4 Å². The number of hydrogen-bond acceptors (Lipinski definition) is 4. The first-order chi connectivity index (χ1) is 11.3. The molecule has 0 aliphatic carbocycles. The van der Waals surface area contributed by atoms with Gasteiger partial charge >= 0.3 is 19.3 Å². The molecule has 2 unspecified atom stereocenters. The third kappa shape index (κ3) is 8.68. The van der Waals surface area contributed by atoms with Crippen molar-refractivity contribution < 1.29 is 27.9 Å². The van der Waals surface area contributed by atoms with Crippen LogP contribution in [0.4, 0.5) is 9.18 Å². The molecule has 2 N–H and O–H groups in total. The summed E-state index contributed by atoms with van der Waals surface area (Å²) >= 11 is 0. The van der Waals surface area contributed by atoms with Gasteiger partial charge < -0.3 is 19.5 Å². The van der Waals surface area contributed by atoms with Crippen LogP contribution in [-0.4, -0.2) is 29.7 Å². The maximum absolute atomic E-state index is 14.9. The number of halogens is 1. The first-order valence-corrected chi connectivity index (χ1v) is 9.97. The predicted octanol–water partition coefficient (Wildman–Crippen LogP) is 4.33. The van der Waals surface area contributed by atoms with Crippen LogP contribution in [0.3, 0.4) is 0 Å². The minimum absolute atomic E-state index is 0.170. The highest BCUT2D eigenvalue weighted by Gasteiger charge is 2.53. The SMILES string of the molecule is C#CCNC(=O)OC(F)(CCCCCCCCC)P(=O)(O)OCC. The Labute approximate surface area is 144 Å². The van der Waals surface area contributed by atoms with Crippen LogP contribution in [0.25, 0.3) is 0 Å². The van der Waals surface area contributed by atoms with E-state index in [1.165, 1.54) is 6.92 Å². The molecule has 0 saturated heterocycles. The molecule has 0 aromatic rings. The molecular formula is C16H29FNO5P. The van der Waals surface area contributed by atoms with E-state index in [0.29, 0.717) is 12.8 Å². The van der Waals surface area contributed by atoms with Crippen molar-refractivity contribution in [3.05, 3.63) is 0 Å². The van der Waals surface area contributed by atoms with Crippen molar-refractivity contribution in [3.8, 4) is 12.3 Å². The van der Waals surface area contributed by atoms with Gasteiger partial charge in [0.25, 0.3) is 0 Å². The van der Waals surface area contributed by atoms with Crippen molar-refractivity contribution in [3.63, 3.8) is 0 Å². The Hall–Kier alpha value is -1.09. The normalized spacial score (nSPS) is 15.8. The summed E-state index contributed by atoms with van der Waals surface area (Å²) in [5.41, 5.74) is -3.08. The summed E-state index contributed by atoms with van der Waals surface area (Å²) in [6, 6.07) is 0. The summed E-state index contributed by atoms with van der Waals surface area (Å²) < 4.78 is 36.1. The third-order valence-electron chi connectivity index (χ3n) is 3.40. The average Bonchev–Trinajstić information content (AvgIpc) is 2.51. The number of alkyl carbamates (subject to hydrolysis) is 1. The van der Waals surface area contributed by atoms with E-state index in [0.717, 1.165) is 32.1 Å². The lowest BCUT2D eigenvalue weighted by molar-refractivity contribution is -0.0545. The minimum atomic E-state index is -4.77. The van der Waals surface area contributed by atoms with Crippen LogP contribution < -0.4 is 5.32 Å². The highest BCUT2D eigenvalue weighted by atomic mass is 31.2. The summed E-state index contributed by atoms with van der Waals surface area (Å²) in [7, 11) is -4.77. The summed E-state index contributed by atoms with van der Waals surface area (Å²) in [5, 5.41) is 2.10. The number of carbonyl (C=O) groups is 1. The van der Waals surface area contributed by atoms with Gasteiger partial charge in [0.05, 0.1) is 13.2 Å². The van der Waals surface area contributed by atoms with Crippen molar-refractivity contribution in [2.75, 3.05) is 13.2 Å². The summed E-state index contributed by atoms with van der Waals surface area (Å²) in [6.07, 6.45) is 9.69. The lowest BCUT2D eigenvalue weighted by Gasteiger charge is -2.28. The second kappa shape index (κ2) is 12.3. The molecule has 0 aromatic heterocycles. The van der Waals surface area contributed by atoms with Gasteiger partial charge in [-0.2, -0.15) is 4.39 Å². The first-order valence-electron chi connectivity index (χ1n) is 8.39. The Morgan fingerprint density at radius 2 is 1.83 bits per heavy atom. The molecule has 0 saturated carbocycles. The molecular weight excluding hydrogens is 336 g/mol. The zero-order chi connectivity index (χ0) is 18.5. The number of nitrogens with one attached hydrogen (secondary N) is 1. The van der Waals surface area contributed by atoms with Gasteiger partial charge in [0, 0.05) is 6.42 Å². The van der Waals surface area contributed by atoms with Gasteiger partial charge in [-0.1, -0.05) is 51.4 Å². The summed E-state index contributed by atoms with van der Waals surface area (Å²) in [5.74, 6) is 2.13. The fourth-order valence-corrected chi connectivity index (χ4v) is 3.30. The number of hydrogen-bond donors (Lipinski definition) is 2.